The third-order valence-electron chi connectivity index (χ3n) is 2.44. The predicted octanol–water partition coefficient (Wildman–Crippen LogP) is 4.19. The zero-order chi connectivity index (χ0) is 16.0. The van der Waals surface area contributed by atoms with Gasteiger partial charge in [0.15, 0.2) is 0 Å². The van der Waals surface area contributed by atoms with Crippen LogP contribution in [0.1, 0.15) is 5.56 Å². The van der Waals surface area contributed by atoms with Crippen LogP contribution in [-0.4, -0.2) is 9.97 Å². The van der Waals surface area contributed by atoms with E-state index in [1.807, 2.05) is 42.5 Å². The molecule has 2 aromatic heterocycles. The van der Waals surface area contributed by atoms with Gasteiger partial charge in [-0.25, -0.2) is 0 Å². The van der Waals surface area contributed by atoms with E-state index < -0.39 is 0 Å². The summed E-state index contributed by atoms with van der Waals surface area (Å²) in [6, 6.07) is 23.3. The molecule has 2 heterocycles. The van der Waals surface area contributed by atoms with Crippen molar-refractivity contribution in [2.75, 3.05) is 0 Å². The van der Waals surface area contributed by atoms with E-state index in [0.717, 1.165) is 11.4 Å². The zero-order valence-corrected chi connectivity index (χ0v) is 13.2. The summed E-state index contributed by atoms with van der Waals surface area (Å²) in [5.41, 5.74) is 2.51. The van der Waals surface area contributed by atoms with Gasteiger partial charge >= 0.3 is 24.8 Å². The van der Waals surface area contributed by atoms with Crippen LogP contribution in [0.25, 0.3) is 11.4 Å². The number of rotatable bonds is 1. The minimum absolute atomic E-state index is 0.684. The first kappa shape index (κ1) is 17.8. The van der Waals surface area contributed by atoms with E-state index in [4.69, 9.17) is 5.26 Å². The maximum Gasteiger partial charge on any atom is 0.0886 e. The zero-order valence-electron chi connectivity index (χ0n) is 11.5. The van der Waals surface area contributed by atoms with E-state index in [0.29, 0.717) is 5.56 Å². The monoisotopic (exact) mass is 351 g/mol. The molecule has 113 valence electrons. The Morgan fingerprint density at radius 1 is 0.864 bits per heavy atom. The first-order valence-corrected chi connectivity index (χ1v) is 7.56. The second kappa shape index (κ2) is 11.5. The topological polar surface area (TPSA) is 49.6 Å². The molecule has 0 aliphatic heterocycles. The summed E-state index contributed by atoms with van der Waals surface area (Å²) in [6.07, 6.45) is 3.54. The number of nitriles is 1. The van der Waals surface area contributed by atoms with Crippen molar-refractivity contribution in [2.24, 2.45) is 0 Å². The van der Waals surface area contributed by atoms with Crippen LogP contribution >= 0.6 is 10.2 Å². The van der Waals surface area contributed by atoms with Gasteiger partial charge in [-0.05, 0) is 24.3 Å². The maximum atomic E-state index is 8.27. The molecular formula is C17H12ClN3Ni-. The molecular weight excluding hydrogens is 340 g/mol. The molecule has 22 heavy (non-hydrogen) atoms. The standard InChI is InChI=1S/C10H8N2.C7H4N.ClH.Ni/c1-3-7-11-9(5-1)10-6-2-4-8-12-10;8-6-7-4-2-1-3-5-7;;/h1-8H;2-5H;1H;/q;-1;;+1/p-1. The number of hydrogen-bond donors (Lipinski definition) is 0. The van der Waals surface area contributed by atoms with Crippen LogP contribution in [0.15, 0.2) is 73.1 Å². The van der Waals surface area contributed by atoms with Crippen molar-refractivity contribution in [3.05, 3.63) is 84.7 Å². The van der Waals surface area contributed by atoms with Gasteiger partial charge in [-0.2, -0.15) is 35.6 Å². The number of halogens is 1. The molecule has 0 amide bonds. The third kappa shape index (κ3) is 6.50. The van der Waals surface area contributed by atoms with Crippen LogP contribution in [-0.2, 0) is 14.6 Å². The van der Waals surface area contributed by atoms with Crippen LogP contribution in [0.3, 0.4) is 0 Å². The van der Waals surface area contributed by atoms with E-state index in [1.165, 1.54) is 0 Å². The largest absolute Gasteiger partial charge is 0.255 e. The second-order valence-electron chi connectivity index (χ2n) is 3.83. The molecule has 0 aliphatic rings. The fourth-order valence-electron chi connectivity index (χ4n) is 1.49. The van der Waals surface area contributed by atoms with E-state index >= 15 is 0 Å². The SMILES string of the molecule is N#Cc1cc[c-]cc1.[Cl][Ni].c1ccc(-c2ccccn2)nc1. The molecule has 0 spiro atoms. The van der Waals surface area contributed by atoms with E-state index in [2.05, 4.69) is 40.8 Å². The Hall–Kier alpha value is -2.21. The van der Waals surface area contributed by atoms with Gasteiger partial charge in [-0.3, -0.25) is 9.97 Å². The normalized spacial score (nSPS) is 8.45. The van der Waals surface area contributed by atoms with Crippen LogP contribution < -0.4 is 0 Å². The Morgan fingerprint density at radius 3 is 1.68 bits per heavy atom. The minimum atomic E-state index is 0.684. The van der Waals surface area contributed by atoms with E-state index in [1.54, 1.807) is 36.7 Å². The Labute approximate surface area is 142 Å². The molecule has 5 heteroatoms. The Morgan fingerprint density at radius 2 is 1.36 bits per heavy atom. The van der Waals surface area contributed by atoms with Crippen molar-refractivity contribution in [3.8, 4) is 17.5 Å². The van der Waals surface area contributed by atoms with E-state index in [9.17, 15) is 0 Å². The van der Waals surface area contributed by atoms with Crippen molar-refractivity contribution in [2.45, 2.75) is 0 Å². The quantitative estimate of drug-likeness (QED) is 0.487. The summed E-state index contributed by atoms with van der Waals surface area (Å²) < 4.78 is 0. The average molecular weight is 352 g/mol. The van der Waals surface area contributed by atoms with Crippen LogP contribution in [0.2, 0.25) is 0 Å². The predicted molar refractivity (Wildman–Crippen MR) is 83.3 cm³/mol. The summed E-state index contributed by atoms with van der Waals surface area (Å²) in [5.74, 6) is 0. The van der Waals surface area contributed by atoms with Gasteiger partial charge in [0.1, 0.15) is 0 Å². The van der Waals surface area contributed by atoms with Crippen LogP contribution in [0.5, 0.6) is 0 Å². The van der Waals surface area contributed by atoms with Gasteiger partial charge < -0.3 is 0 Å². The first-order chi connectivity index (χ1) is 10.9. The third-order valence-corrected chi connectivity index (χ3v) is 2.44. The van der Waals surface area contributed by atoms with Crippen molar-refractivity contribution in [1.29, 1.82) is 5.26 Å². The number of pyridine rings is 2. The molecule has 0 N–H and O–H groups in total. The fourth-order valence-corrected chi connectivity index (χ4v) is 1.49. The number of hydrogen-bond acceptors (Lipinski definition) is 3. The Kier molecular flexibility index (Phi) is 9.29. The van der Waals surface area contributed by atoms with Crippen molar-refractivity contribution >= 4 is 10.2 Å². The van der Waals surface area contributed by atoms with Crippen LogP contribution in [0.4, 0.5) is 0 Å². The summed E-state index contributed by atoms with van der Waals surface area (Å²) in [5, 5.41) is 8.27. The Balaban J connectivity index is 0.000000211. The van der Waals surface area contributed by atoms with Crippen molar-refractivity contribution < 1.29 is 14.6 Å². The van der Waals surface area contributed by atoms with Gasteiger partial charge in [0.2, 0.25) is 0 Å². The molecule has 3 aromatic rings. The van der Waals surface area contributed by atoms with Crippen molar-refractivity contribution in [1.82, 2.24) is 9.97 Å². The number of benzene rings is 1. The number of nitrogens with zero attached hydrogens (tertiary/aromatic N) is 3. The maximum absolute atomic E-state index is 8.27. The van der Waals surface area contributed by atoms with Crippen molar-refractivity contribution in [3.63, 3.8) is 0 Å². The molecule has 0 aliphatic carbocycles. The molecule has 0 unspecified atom stereocenters. The average Bonchev–Trinajstić information content (AvgIpc) is 2.66. The number of aromatic nitrogens is 2. The smallest absolute Gasteiger partial charge is 0.0886 e. The van der Waals surface area contributed by atoms with Gasteiger partial charge in [-0.15, -0.1) is 0 Å². The molecule has 3 nitrogen and oxygen atoms in total. The molecule has 1 aromatic carbocycles. The summed E-state index contributed by atoms with van der Waals surface area (Å²) in [7, 11) is 4.26. The molecule has 0 saturated carbocycles. The second-order valence-corrected chi connectivity index (χ2v) is 3.83. The molecule has 0 atom stereocenters. The van der Waals surface area contributed by atoms with Gasteiger partial charge in [0.25, 0.3) is 0 Å². The van der Waals surface area contributed by atoms with E-state index in [-0.39, 0.29) is 0 Å². The Bertz CT molecular complexity index is 633. The van der Waals surface area contributed by atoms with Gasteiger partial charge in [0, 0.05) is 12.4 Å². The molecule has 0 bridgehead atoms. The van der Waals surface area contributed by atoms with Gasteiger partial charge in [-0.1, -0.05) is 17.7 Å². The molecule has 0 saturated heterocycles. The molecule has 0 fully saturated rings. The fraction of sp³-hybridized carbons (Fsp3) is 0. The summed E-state index contributed by atoms with van der Waals surface area (Å²) >= 11 is 3.35. The van der Waals surface area contributed by atoms with Crippen LogP contribution in [0, 0.1) is 17.4 Å². The van der Waals surface area contributed by atoms with Gasteiger partial charge in [0.05, 0.1) is 17.5 Å². The summed E-state index contributed by atoms with van der Waals surface area (Å²) in [6.45, 7) is 0. The molecule has 3 rings (SSSR count). The minimum Gasteiger partial charge on any atom is -0.255 e. The summed E-state index contributed by atoms with van der Waals surface area (Å²) in [4.78, 5) is 8.37. The first-order valence-electron chi connectivity index (χ1n) is 6.21. The molecule has 0 radical (unpaired) electrons.